The van der Waals surface area contributed by atoms with Gasteiger partial charge in [-0.05, 0) is 13.3 Å². The summed E-state index contributed by atoms with van der Waals surface area (Å²) in [7, 11) is 3.70. The number of nitriles is 1. The predicted molar refractivity (Wildman–Crippen MR) is 69.0 cm³/mol. The Labute approximate surface area is 103 Å². The first kappa shape index (κ1) is 13.2. The molecule has 0 N–H and O–H groups in total. The monoisotopic (exact) mass is 233 g/mol. The van der Waals surface area contributed by atoms with E-state index in [0.717, 1.165) is 25.2 Å². The van der Waals surface area contributed by atoms with Crippen LogP contribution >= 0.6 is 0 Å². The number of hydrogen-bond acceptors (Lipinski definition) is 5. The number of nitrogens with zero attached hydrogens (tertiary/aromatic N) is 5. The molecule has 1 aromatic rings. The van der Waals surface area contributed by atoms with Gasteiger partial charge in [-0.25, -0.2) is 9.97 Å². The van der Waals surface area contributed by atoms with Gasteiger partial charge in [-0.3, -0.25) is 4.90 Å². The van der Waals surface area contributed by atoms with E-state index in [4.69, 9.17) is 5.26 Å². The van der Waals surface area contributed by atoms with Crippen LogP contribution in [0.1, 0.15) is 25.6 Å². The first-order valence-electron chi connectivity index (χ1n) is 5.78. The molecule has 0 aromatic carbocycles. The molecule has 0 amide bonds. The molecule has 0 aliphatic carbocycles. The van der Waals surface area contributed by atoms with Crippen molar-refractivity contribution >= 4 is 11.6 Å². The van der Waals surface area contributed by atoms with E-state index in [-0.39, 0.29) is 0 Å². The number of hydrogen-bond donors (Lipinski definition) is 0. The summed E-state index contributed by atoms with van der Waals surface area (Å²) in [5.41, 5.74) is 0. The summed E-state index contributed by atoms with van der Waals surface area (Å²) in [6.45, 7) is 4.96. The van der Waals surface area contributed by atoms with E-state index in [1.807, 2.05) is 26.2 Å². The van der Waals surface area contributed by atoms with Crippen molar-refractivity contribution in [2.75, 3.05) is 30.4 Å². The SMILES string of the molecule is CCCCN(C)c1cc(N(C)C#N)nc(C)n1. The molecule has 0 fully saturated rings. The quantitative estimate of drug-likeness (QED) is 0.574. The van der Waals surface area contributed by atoms with Gasteiger partial charge >= 0.3 is 0 Å². The summed E-state index contributed by atoms with van der Waals surface area (Å²) in [6, 6.07) is 1.84. The van der Waals surface area contributed by atoms with Gasteiger partial charge in [0.2, 0.25) is 0 Å². The number of aromatic nitrogens is 2. The summed E-state index contributed by atoms with van der Waals surface area (Å²) in [6.07, 6.45) is 4.32. The molecule has 0 atom stereocenters. The van der Waals surface area contributed by atoms with Crippen LogP contribution in [0.4, 0.5) is 11.6 Å². The number of rotatable bonds is 5. The van der Waals surface area contributed by atoms with E-state index < -0.39 is 0 Å². The smallest absolute Gasteiger partial charge is 0.185 e. The molecular weight excluding hydrogens is 214 g/mol. The van der Waals surface area contributed by atoms with Gasteiger partial charge in [-0.2, -0.15) is 5.26 Å². The lowest BCUT2D eigenvalue weighted by atomic mass is 10.3. The molecule has 1 rings (SSSR count). The third-order valence-corrected chi connectivity index (χ3v) is 2.54. The van der Waals surface area contributed by atoms with Crippen LogP contribution in [0.15, 0.2) is 6.07 Å². The standard InChI is InChI=1S/C12H19N5/c1-5-6-7-16(3)11-8-12(17(4)9-13)15-10(2)14-11/h8H,5-7H2,1-4H3. The van der Waals surface area contributed by atoms with E-state index in [1.165, 1.54) is 4.90 Å². The predicted octanol–water partition coefficient (Wildman–Crippen LogP) is 1.94. The molecule has 0 radical (unpaired) electrons. The second kappa shape index (κ2) is 6.04. The average molecular weight is 233 g/mol. The van der Waals surface area contributed by atoms with Crippen molar-refractivity contribution in [3.8, 4) is 6.19 Å². The first-order chi connectivity index (χ1) is 8.08. The molecule has 0 bridgehead atoms. The summed E-state index contributed by atoms with van der Waals surface area (Å²) >= 11 is 0. The van der Waals surface area contributed by atoms with Gasteiger partial charge in [0.15, 0.2) is 6.19 Å². The molecule has 1 heterocycles. The minimum absolute atomic E-state index is 0.637. The number of anilines is 2. The van der Waals surface area contributed by atoms with Crippen molar-refractivity contribution in [2.24, 2.45) is 0 Å². The van der Waals surface area contributed by atoms with Gasteiger partial charge in [-0.15, -0.1) is 0 Å². The minimum Gasteiger partial charge on any atom is -0.360 e. The normalized spacial score (nSPS) is 9.82. The van der Waals surface area contributed by atoms with Gasteiger partial charge in [0.1, 0.15) is 17.5 Å². The zero-order valence-electron chi connectivity index (χ0n) is 10.9. The van der Waals surface area contributed by atoms with E-state index >= 15 is 0 Å². The van der Waals surface area contributed by atoms with Crippen LogP contribution in [0.3, 0.4) is 0 Å². The van der Waals surface area contributed by atoms with Gasteiger partial charge in [0, 0.05) is 26.7 Å². The molecule has 0 unspecified atom stereocenters. The molecule has 92 valence electrons. The maximum Gasteiger partial charge on any atom is 0.185 e. The Hall–Kier alpha value is -1.83. The van der Waals surface area contributed by atoms with Crippen molar-refractivity contribution < 1.29 is 0 Å². The molecule has 5 heteroatoms. The van der Waals surface area contributed by atoms with E-state index in [1.54, 1.807) is 7.05 Å². The van der Waals surface area contributed by atoms with Crippen molar-refractivity contribution in [3.63, 3.8) is 0 Å². The highest BCUT2D eigenvalue weighted by molar-refractivity contribution is 5.52. The van der Waals surface area contributed by atoms with E-state index in [2.05, 4.69) is 21.8 Å². The van der Waals surface area contributed by atoms with Gasteiger partial charge in [0.05, 0.1) is 0 Å². The highest BCUT2D eigenvalue weighted by Gasteiger charge is 2.08. The van der Waals surface area contributed by atoms with Crippen molar-refractivity contribution in [2.45, 2.75) is 26.7 Å². The summed E-state index contributed by atoms with van der Waals surface area (Å²) in [5, 5.41) is 8.85. The maximum atomic E-state index is 8.85. The fraction of sp³-hybridized carbons (Fsp3) is 0.583. The zero-order valence-corrected chi connectivity index (χ0v) is 10.9. The van der Waals surface area contributed by atoms with Crippen LogP contribution in [0.5, 0.6) is 0 Å². The Morgan fingerprint density at radius 1 is 1.29 bits per heavy atom. The highest BCUT2D eigenvalue weighted by atomic mass is 15.2. The Bertz CT molecular complexity index is 410. The van der Waals surface area contributed by atoms with E-state index in [0.29, 0.717) is 11.6 Å². The van der Waals surface area contributed by atoms with Crippen LogP contribution in [0.2, 0.25) is 0 Å². The first-order valence-corrected chi connectivity index (χ1v) is 5.78. The zero-order chi connectivity index (χ0) is 12.8. The molecule has 0 spiro atoms. The van der Waals surface area contributed by atoms with Crippen molar-refractivity contribution in [1.29, 1.82) is 5.26 Å². The molecule has 5 nitrogen and oxygen atoms in total. The van der Waals surface area contributed by atoms with Crippen molar-refractivity contribution in [1.82, 2.24) is 9.97 Å². The lowest BCUT2D eigenvalue weighted by Gasteiger charge is -2.19. The van der Waals surface area contributed by atoms with Crippen LogP contribution in [0.25, 0.3) is 0 Å². The number of aryl methyl sites for hydroxylation is 1. The topological polar surface area (TPSA) is 56.0 Å². The fourth-order valence-corrected chi connectivity index (χ4v) is 1.47. The molecule has 0 saturated carbocycles. The average Bonchev–Trinajstić information content (AvgIpc) is 2.34. The maximum absolute atomic E-state index is 8.85. The fourth-order valence-electron chi connectivity index (χ4n) is 1.47. The Balaban J connectivity index is 2.93. The summed E-state index contributed by atoms with van der Waals surface area (Å²) < 4.78 is 0. The Morgan fingerprint density at radius 2 is 1.94 bits per heavy atom. The highest BCUT2D eigenvalue weighted by Crippen LogP contribution is 2.17. The summed E-state index contributed by atoms with van der Waals surface area (Å²) in [4.78, 5) is 12.1. The van der Waals surface area contributed by atoms with Crippen LogP contribution in [0, 0.1) is 18.4 Å². The Kier molecular flexibility index (Phi) is 4.70. The third-order valence-electron chi connectivity index (χ3n) is 2.54. The molecule has 17 heavy (non-hydrogen) atoms. The Morgan fingerprint density at radius 3 is 2.53 bits per heavy atom. The van der Waals surface area contributed by atoms with Gasteiger partial charge < -0.3 is 4.90 Å². The molecule has 1 aromatic heterocycles. The second-order valence-corrected chi connectivity index (χ2v) is 4.07. The third kappa shape index (κ3) is 3.59. The van der Waals surface area contributed by atoms with Crippen molar-refractivity contribution in [3.05, 3.63) is 11.9 Å². The number of unbranched alkanes of at least 4 members (excludes halogenated alkanes) is 1. The summed E-state index contributed by atoms with van der Waals surface area (Å²) in [5.74, 6) is 2.18. The molecule has 0 saturated heterocycles. The van der Waals surface area contributed by atoms with Gasteiger partial charge in [-0.1, -0.05) is 13.3 Å². The van der Waals surface area contributed by atoms with E-state index in [9.17, 15) is 0 Å². The molecular formula is C12H19N5. The minimum atomic E-state index is 0.637. The lowest BCUT2D eigenvalue weighted by molar-refractivity contribution is 0.756. The van der Waals surface area contributed by atoms with Crippen LogP contribution < -0.4 is 9.80 Å². The van der Waals surface area contributed by atoms with Gasteiger partial charge in [0.25, 0.3) is 0 Å². The molecule has 0 aliphatic heterocycles. The lowest BCUT2D eigenvalue weighted by Crippen LogP contribution is -2.21. The van der Waals surface area contributed by atoms with Crippen LogP contribution in [-0.4, -0.2) is 30.6 Å². The van der Waals surface area contributed by atoms with Crippen LogP contribution in [-0.2, 0) is 0 Å². The molecule has 0 aliphatic rings. The second-order valence-electron chi connectivity index (χ2n) is 4.07. The largest absolute Gasteiger partial charge is 0.360 e.